The summed E-state index contributed by atoms with van der Waals surface area (Å²) in [7, 11) is 2.05. The van der Waals surface area contributed by atoms with E-state index in [0.717, 1.165) is 0 Å². The number of nitrogens with zero attached hydrogens (tertiary/aromatic N) is 1. The van der Waals surface area contributed by atoms with Crippen molar-refractivity contribution in [2.75, 3.05) is 7.05 Å². The van der Waals surface area contributed by atoms with Gasteiger partial charge in [0.1, 0.15) is 0 Å². The Morgan fingerprint density at radius 3 is 2.62 bits per heavy atom. The topological polar surface area (TPSA) is 24.9 Å². The van der Waals surface area contributed by atoms with Crippen LogP contribution in [-0.2, 0) is 0 Å². The SMILES string of the molecule is CCCCCCCC(NC)c1scnc1C. The zero-order chi connectivity index (χ0) is 11.8. The van der Waals surface area contributed by atoms with E-state index in [1.807, 2.05) is 5.51 Å². The number of thiazole rings is 1. The molecule has 1 unspecified atom stereocenters. The van der Waals surface area contributed by atoms with Crippen molar-refractivity contribution in [2.24, 2.45) is 0 Å². The minimum absolute atomic E-state index is 0.508. The van der Waals surface area contributed by atoms with Gasteiger partial charge in [-0.15, -0.1) is 11.3 Å². The minimum Gasteiger partial charge on any atom is -0.312 e. The molecule has 0 aliphatic rings. The normalized spacial score (nSPS) is 12.9. The molecular formula is C13H24N2S. The van der Waals surface area contributed by atoms with Crippen molar-refractivity contribution in [1.29, 1.82) is 0 Å². The van der Waals surface area contributed by atoms with E-state index in [-0.39, 0.29) is 0 Å². The van der Waals surface area contributed by atoms with Crippen LogP contribution in [0, 0.1) is 6.92 Å². The Labute approximate surface area is 103 Å². The van der Waals surface area contributed by atoms with E-state index in [4.69, 9.17) is 0 Å². The third-order valence-electron chi connectivity index (χ3n) is 3.04. The summed E-state index contributed by atoms with van der Waals surface area (Å²) in [5, 5.41) is 3.41. The van der Waals surface area contributed by atoms with E-state index in [0.29, 0.717) is 6.04 Å². The molecule has 1 atom stereocenters. The van der Waals surface area contributed by atoms with E-state index in [9.17, 15) is 0 Å². The first-order valence-electron chi connectivity index (χ1n) is 6.36. The van der Waals surface area contributed by atoms with E-state index in [1.165, 1.54) is 49.1 Å². The molecule has 0 aliphatic carbocycles. The highest BCUT2D eigenvalue weighted by molar-refractivity contribution is 7.09. The first-order valence-corrected chi connectivity index (χ1v) is 7.24. The number of rotatable bonds is 8. The van der Waals surface area contributed by atoms with Gasteiger partial charge < -0.3 is 5.32 Å². The zero-order valence-corrected chi connectivity index (χ0v) is 11.6. The molecule has 1 heterocycles. The fourth-order valence-electron chi connectivity index (χ4n) is 2.00. The lowest BCUT2D eigenvalue weighted by Gasteiger charge is -2.14. The van der Waals surface area contributed by atoms with Crippen molar-refractivity contribution >= 4 is 11.3 Å². The molecule has 1 aromatic rings. The first kappa shape index (κ1) is 13.7. The van der Waals surface area contributed by atoms with Crippen molar-refractivity contribution in [2.45, 2.75) is 58.4 Å². The predicted octanol–water partition coefficient (Wildman–Crippen LogP) is 4.07. The van der Waals surface area contributed by atoms with Gasteiger partial charge in [0.2, 0.25) is 0 Å². The van der Waals surface area contributed by atoms with Gasteiger partial charge in [0.15, 0.2) is 0 Å². The van der Waals surface area contributed by atoms with Crippen LogP contribution in [0.3, 0.4) is 0 Å². The fraction of sp³-hybridized carbons (Fsp3) is 0.769. The standard InChI is InChI=1S/C13H24N2S/c1-4-5-6-7-8-9-12(14-3)13-11(2)15-10-16-13/h10,12,14H,4-9H2,1-3H3. The van der Waals surface area contributed by atoms with Gasteiger partial charge in [-0.3, -0.25) is 0 Å². The second-order valence-electron chi connectivity index (χ2n) is 4.35. The van der Waals surface area contributed by atoms with Crippen LogP contribution in [0.1, 0.15) is 62.1 Å². The number of nitrogens with one attached hydrogen (secondary N) is 1. The summed E-state index contributed by atoms with van der Waals surface area (Å²) in [5.41, 5.74) is 3.14. The van der Waals surface area contributed by atoms with Crippen LogP contribution in [0.25, 0.3) is 0 Å². The Morgan fingerprint density at radius 1 is 1.31 bits per heavy atom. The lowest BCUT2D eigenvalue weighted by Crippen LogP contribution is -2.16. The summed E-state index contributed by atoms with van der Waals surface area (Å²) < 4.78 is 0. The highest BCUT2D eigenvalue weighted by Crippen LogP contribution is 2.25. The number of hydrogen-bond acceptors (Lipinski definition) is 3. The third kappa shape index (κ3) is 4.22. The van der Waals surface area contributed by atoms with E-state index < -0.39 is 0 Å². The summed E-state index contributed by atoms with van der Waals surface area (Å²) in [5.74, 6) is 0. The van der Waals surface area contributed by atoms with Gasteiger partial charge in [0.05, 0.1) is 11.2 Å². The molecule has 2 nitrogen and oxygen atoms in total. The second kappa shape index (κ2) is 7.80. The Balaban J connectivity index is 2.30. The fourth-order valence-corrected chi connectivity index (χ4v) is 2.95. The quantitative estimate of drug-likeness (QED) is 0.693. The Bertz CT molecular complexity index is 283. The van der Waals surface area contributed by atoms with Crippen LogP contribution in [-0.4, -0.2) is 12.0 Å². The van der Waals surface area contributed by atoms with Gasteiger partial charge >= 0.3 is 0 Å². The molecule has 3 heteroatoms. The van der Waals surface area contributed by atoms with Crippen molar-refractivity contribution in [3.05, 3.63) is 16.1 Å². The summed E-state index contributed by atoms with van der Waals surface area (Å²) in [6.45, 7) is 4.37. The average Bonchev–Trinajstić information content (AvgIpc) is 2.70. The zero-order valence-electron chi connectivity index (χ0n) is 10.8. The molecule has 0 saturated carbocycles. The first-order chi connectivity index (χ1) is 7.79. The molecular weight excluding hydrogens is 216 g/mol. The van der Waals surface area contributed by atoms with Gasteiger partial charge in [-0.25, -0.2) is 4.98 Å². The monoisotopic (exact) mass is 240 g/mol. The number of aryl methyl sites for hydroxylation is 1. The van der Waals surface area contributed by atoms with Gasteiger partial charge in [-0.2, -0.15) is 0 Å². The molecule has 0 fully saturated rings. The Morgan fingerprint density at radius 2 is 2.06 bits per heavy atom. The van der Waals surface area contributed by atoms with E-state index in [1.54, 1.807) is 11.3 Å². The maximum Gasteiger partial charge on any atom is 0.0798 e. The van der Waals surface area contributed by atoms with Crippen molar-refractivity contribution in [3.63, 3.8) is 0 Å². The molecule has 1 rings (SSSR count). The summed E-state index contributed by atoms with van der Waals surface area (Å²) in [6.07, 6.45) is 8.01. The Hall–Kier alpha value is -0.410. The van der Waals surface area contributed by atoms with Crippen LogP contribution < -0.4 is 5.32 Å². The second-order valence-corrected chi connectivity index (χ2v) is 5.23. The number of hydrogen-bond donors (Lipinski definition) is 1. The maximum atomic E-state index is 4.32. The van der Waals surface area contributed by atoms with E-state index in [2.05, 4.69) is 31.2 Å². The summed E-state index contributed by atoms with van der Waals surface area (Å²) in [4.78, 5) is 5.74. The minimum atomic E-state index is 0.508. The van der Waals surface area contributed by atoms with Gasteiger partial charge in [-0.1, -0.05) is 39.0 Å². The van der Waals surface area contributed by atoms with Gasteiger partial charge in [-0.05, 0) is 20.4 Å². The average molecular weight is 240 g/mol. The van der Waals surface area contributed by atoms with Crippen molar-refractivity contribution in [1.82, 2.24) is 10.3 Å². The largest absolute Gasteiger partial charge is 0.312 e. The number of aromatic nitrogens is 1. The van der Waals surface area contributed by atoms with Crippen molar-refractivity contribution < 1.29 is 0 Å². The lowest BCUT2D eigenvalue weighted by molar-refractivity contribution is 0.504. The van der Waals surface area contributed by atoms with Crippen LogP contribution in [0.2, 0.25) is 0 Å². The molecule has 0 saturated heterocycles. The summed E-state index contributed by atoms with van der Waals surface area (Å²) in [6, 6.07) is 0.508. The molecule has 16 heavy (non-hydrogen) atoms. The van der Waals surface area contributed by atoms with Crippen LogP contribution in [0.4, 0.5) is 0 Å². The van der Waals surface area contributed by atoms with Crippen LogP contribution in [0.15, 0.2) is 5.51 Å². The van der Waals surface area contributed by atoms with Gasteiger partial charge in [0.25, 0.3) is 0 Å². The molecule has 0 aliphatic heterocycles. The van der Waals surface area contributed by atoms with Gasteiger partial charge in [0, 0.05) is 10.9 Å². The number of unbranched alkanes of at least 4 members (excludes halogenated alkanes) is 4. The predicted molar refractivity (Wildman–Crippen MR) is 72.0 cm³/mol. The molecule has 92 valence electrons. The highest BCUT2D eigenvalue weighted by Gasteiger charge is 2.13. The van der Waals surface area contributed by atoms with Crippen molar-refractivity contribution in [3.8, 4) is 0 Å². The molecule has 0 amide bonds. The maximum absolute atomic E-state index is 4.32. The van der Waals surface area contributed by atoms with Crippen LogP contribution in [0.5, 0.6) is 0 Å². The van der Waals surface area contributed by atoms with E-state index >= 15 is 0 Å². The lowest BCUT2D eigenvalue weighted by atomic mass is 10.0. The molecule has 1 aromatic heterocycles. The molecule has 1 N–H and O–H groups in total. The smallest absolute Gasteiger partial charge is 0.0798 e. The highest BCUT2D eigenvalue weighted by atomic mass is 32.1. The molecule has 0 aromatic carbocycles. The molecule has 0 spiro atoms. The molecule has 0 bridgehead atoms. The summed E-state index contributed by atoms with van der Waals surface area (Å²) >= 11 is 1.78. The third-order valence-corrected chi connectivity index (χ3v) is 4.09. The van der Waals surface area contributed by atoms with Crippen LogP contribution >= 0.6 is 11.3 Å². The Kier molecular flexibility index (Phi) is 6.65. The molecule has 0 radical (unpaired) electrons.